The van der Waals surface area contributed by atoms with Crippen molar-refractivity contribution >= 4 is 15.9 Å². The average molecular weight is 345 g/mol. The maximum Gasteiger partial charge on any atom is 0.125 e. The first-order chi connectivity index (χ1) is 10.1. The minimum Gasteiger partial charge on any atom is -0.489 e. The highest BCUT2D eigenvalue weighted by atomic mass is 79.9. The number of hydrogen-bond donors (Lipinski definition) is 1. The molecule has 0 aliphatic carbocycles. The quantitative estimate of drug-likeness (QED) is 0.884. The van der Waals surface area contributed by atoms with Crippen molar-refractivity contribution < 1.29 is 4.74 Å². The Hall–Kier alpha value is -1.83. The molecule has 2 aromatic carbocycles. The molecule has 0 saturated heterocycles. The van der Waals surface area contributed by atoms with Crippen LogP contribution in [0.5, 0.6) is 5.75 Å². The Bertz CT molecular complexity index is 664. The molecule has 0 aliphatic rings. The monoisotopic (exact) mass is 344 g/mol. The Labute approximate surface area is 133 Å². The highest BCUT2D eigenvalue weighted by Gasteiger charge is 2.11. The lowest BCUT2D eigenvalue weighted by atomic mass is 10.1. The first kappa shape index (κ1) is 15.6. The van der Waals surface area contributed by atoms with Crippen LogP contribution in [0.15, 0.2) is 46.9 Å². The number of nitriles is 1. The Morgan fingerprint density at radius 2 is 2.10 bits per heavy atom. The Balaban J connectivity index is 2.19. The van der Waals surface area contributed by atoms with Crippen molar-refractivity contribution in [1.29, 1.82) is 5.26 Å². The lowest BCUT2D eigenvalue weighted by molar-refractivity contribution is 0.300. The number of hydrogen-bond acceptors (Lipinski definition) is 3. The molecule has 0 amide bonds. The van der Waals surface area contributed by atoms with Crippen molar-refractivity contribution in [3.05, 3.63) is 63.6 Å². The molecule has 1 atom stereocenters. The van der Waals surface area contributed by atoms with Crippen LogP contribution in [0, 0.1) is 11.3 Å². The third-order valence-corrected chi connectivity index (χ3v) is 3.82. The van der Waals surface area contributed by atoms with E-state index in [2.05, 4.69) is 34.2 Å². The van der Waals surface area contributed by atoms with E-state index in [-0.39, 0.29) is 6.04 Å². The van der Waals surface area contributed by atoms with E-state index >= 15 is 0 Å². The van der Waals surface area contributed by atoms with Crippen LogP contribution in [0.25, 0.3) is 0 Å². The van der Waals surface area contributed by atoms with E-state index in [9.17, 15) is 0 Å². The zero-order chi connectivity index (χ0) is 15.2. The van der Waals surface area contributed by atoms with Crippen molar-refractivity contribution in [2.75, 3.05) is 7.05 Å². The molecule has 0 saturated carbocycles. The lowest BCUT2D eigenvalue weighted by Gasteiger charge is -2.17. The van der Waals surface area contributed by atoms with E-state index in [0.717, 1.165) is 21.3 Å². The first-order valence-corrected chi connectivity index (χ1v) is 7.52. The van der Waals surface area contributed by atoms with Gasteiger partial charge in [0, 0.05) is 16.1 Å². The summed E-state index contributed by atoms with van der Waals surface area (Å²) in [5.74, 6) is 0.841. The minimum absolute atomic E-state index is 0.207. The van der Waals surface area contributed by atoms with Crippen LogP contribution in [0.3, 0.4) is 0 Å². The van der Waals surface area contributed by atoms with Gasteiger partial charge in [-0.3, -0.25) is 0 Å². The SMILES string of the molecule is CNC(C)c1ccc(Br)cc1OCc1cccc(C#N)c1. The van der Waals surface area contributed by atoms with E-state index < -0.39 is 0 Å². The largest absolute Gasteiger partial charge is 0.489 e. The summed E-state index contributed by atoms with van der Waals surface area (Å²) in [4.78, 5) is 0. The van der Waals surface area contributed by atoms with E-state index in [1.807, 2.05) is 43.4 Å². The maximum absolute atomic E-state index is 8.93. The molecular weight excluding hydrogens is 328 g/mol. The third-order valence-electron chi connectivity index (χ3n) is 3.33. The van der Waals surface area contributed by atoms with Gasteiger partial charge in [-0.1, -0.05) is 34.1 Å². The summed E-state index contributed by atoms with van der Waals surface area (Å²) in [7, 11) is 1.92. The Kier molecular flexibility index (Phi) is 5.38. The molecule has 4 heteroatoms. The molecule has 0 aliphatic heterocycles. The van der Waals surface area contributed by atoms with E-state index in [1.165, 1.54) is 0 Å². The molecule has 2 rings (SSSR count). The number of halogens is 1. The van der Waals surface area contributed by atoms with E-state index in [4.69, 9.17) is 10.00 Å². The molecule has 0 fully saturated rings. The molecule has 3 nitrogen and oxygen atoms in total. The van der Waals surface area contributed by atoms with Gasteiger partial charge >= 0.3 is 0 Å². The van der Waals surface area contributed by atoms with Crippen molar-refractivity contribution in [3.63, 3.8) is 0 Å². The van der Waals surface area contributed by atoms with Crippen LogP contribution in [-0.4, -0.2) is 7.05 Å². The van der Waals surface area contributed by atoms with Gasteiger partial charge in [0.1, 0.15) is 12.4 Å². The standard InChI is InChI=1S/C17H17BrN2O/c1-12(20-2)16-7-6-15(18)9-17(16)21-11-14-5-3-4-13(8-14)10-19/h3-9,12,20H,11H2,1-2H3. The fraction of sp³-hybridized carbons (Fsp3) is 0.235. The van der Waals surface area contributed by atoms with E-state index in [0.29, 0.717) is 12.2 Å². The van der Waals surface area contributed by atoms with Gasteiger partial charge in [-0.2, -0.15) is 5.26 Å². The van der Waals surface area contributed by atoms with Crippen molar-refractivity contribution in [1.82, 2.24) is 5.32 Å². The number of ether oxygens (including phenoxy) is 1. The maximum atomic E-state index is 8.93. The molecule has 0 bridgehead atoms. The molecule has 1 N–H and O–H groups in total. The Morgan fingerprint density at radius 1 is 1.29 bits per heavy atom. The summed E-state index contributed by atoms with van der Waals surface area (Å²) in [5, 5.41) is 12.1. The predicted molar refractivity (Wildman–Crippen MR) is 87.1 cm³/mol. The third kappa shape index (κ3) is 4.07. The van der Waals surface area contributed by atoms with Crippen LogP contribution >= 0.6 is 15.9 Å². The molecule has 108 valence electrons. The highest BCUT2D eigenvalue weighted by Crippen LogP contribution is 2.29. The van der Waals surface area contributed by atoms with Gasteiger partial charge in [0.05, 0.1) is 11.6 Å². The van der Waals surface area contributed by atoms with Crippen LogP contribution in [-0.2, 0) is 6.61 Å². The van der Waals surface area contributed by atoms with Crippen LogP contribution in [0.2, 0.25) is 0 Å². The number of nitrogens with zero attached hydrogens (tertiary/aromatic N) is 1. The number of rotatable bonds is 5. The van der Waals surface area contributed by atoms with Gasteiger partial charge in [0.15, 0.2) is 0 Å². The highest BCUT2D eigenvalue weighted by molar-refractivity contribution is 9.10. The molecule has 0 aromatic heterocycles. The molecule has 0 radical (unpaired) electrons. The summed E-state index contributed by atoms with van der Waals surface area (Å²) >= 11 is 3.47. The average Bonchev–Trinajstić information content (AvgIpc) is 2.52. The summed E-state index contributed by atoms with van der Waals surface area (Å²) in [6.07, 6.45) is 0. The number of benzene rings is 2. The zero-order valence-electron chi connectivity index (χ0n) is 12.1. The Morgan fingerprint density at radius 3 is 2.81 bits per heavy atom. The lowest BCUT2D eigenvalue weighted by Crippen LogP contribution is -2.13. The summed E-state index contributed by atoms with van der Waals surface area (Å²) in [6.45, 7) is 2.53. The zero-order valence-corrected chi connectivity index (χ0v) is 13.6. The van der Waals surface area contributed by atoms with Gasteiger partial charge in [-0.25, -0.2) is 0 Å². The fourth-order valence-corrected chi connectivity index (χ4v) is 2.38. The predicted octanol–water partition coefficient (Wildman–Crippen LogP) is 4.18. The van der Waals surface area contributed by atoms with Crippen LogP contribution < -0.4 is 10.1 Å². The topological polar surface area (TPSA) is 45.0 Å². The summed E-state index contributed by atoms with van der Waals surface area (Å²) < 4.78 is 6.93. The molecule has 21 heavy (non-hydrogen) atoms. The minimum atomic E-state index is 0.207. The van der Waals surface area contributed by atoms with Gasteiger partial charge in [-0.05, 0) is 43.8 Å². The molecule has 2 aromatic rings. The van der Waals surface area contributed by atoms with Crippen molar-refractivity contribution in [2.45, 2.75) is 19.6 Å². The van der Waals surface area contributed by atoms with Gasteiger partial charge in [0.2, 0.25) is 0 Å². The van der Waals surface area contributed by atoms with Crippen molar-refractivity contribution in [2.24, 2.45) is 0 Å². The smallest absolute Gasteiger partial charge is 0.125 e. The van der Waals surface area contributed by atoms with Crippen LogP contribution in [0.1, 0.15) is 29.7 Å². The molecule has 0 heterocycles. The second-order valence-electron chi connectivity index (χ2n) is 4.79. The molecule has 0 spiro atoms. The van der Waals surface area contributed by atoms with E-state index in [1.54, 1.807) is 6.07 Å². The first-order valence-electron chi connectivity index (χ1n) is 6.72. The summed E-state index contributed by atoms with van der Waals surface area (Å²) in [6, 6.07) is 15.8. The second kappa shape index (κ2) is 7.26. The van der Waals surface area contributed by atoms with Gasteiger partial charge in [-0.15, -0.1) is 0 Å². The summed E-state index contributed by atoms with van der Waals surface area (Å²) in [5.41, 5.74) is 2.74. The van der Waals surface area contributed by atoms with Gasteiger partial charge in [0.25, 0.3) is 0 Å². The van der Waals surface area contributed by atoms with Gasteiger partial charge < -0.3 is 10.1 Å². The van der Waals surface area contributed by atoms with Crippen molar-refractivity contribution in [3.8, 4) is 11.8 Å². The normalized spacial score (nSPS) is 11.7. The van der Waals surface area contributed by atoms with Crippen LogP contribution in [0.4, 0.5) is 0 Å². The molecule has 1 unspecified atom stereocenters. The fourth-order valence-electron chi connectivity index (χ4n) is 2.04. The number of nitrogens with one attached hydrogen (secondary N) is 1. The second-order valence-corrected chi connectivity index (χ2v) is 5.71. The molecular formula is C17H17BrN2O.